The highest BCUT2D eigenvalue weighted by Gasteiger charge is 2.42. The molecule has 0 aromatic heterocycles. The van der Waals surface area contributed by atoms with Gasteiger partial charge in [0.25, 0.3) is 0 Å². The van der Waals surface area contributed by atoms with Gasteiger partial charge in [-0.2, -0.15) is 0 Å². The molecular weight excluding hydrogens is 321 g/mol. The Labute approximate surface area is 148 Å². The van der Waals surface area contributed by atoms with Crippen LogP contribution in [0.25, 0.3) is 0 Å². The maximum absolute atomic E-state index is 14.2. The molecule has 0 radical (unpaired) electrons. The van der Waals surface area contributed by atoms with Gasteiger partial charge >= 0.3 is 0 Å². The van der Waals surface area contributed by atoms with E-state index in [0.717, 1.165) is 19.5 Å². The van der Waals surface area contributed by atoms with Crippen molar-refractivity contribution in [1.29, 1.82) is 0 Å². The van der Waals surface area contributed by atoms with Crippen molar-refractivity contribution in [2.75, 3.05) is 26.7 Å². The van der Waals surface area contributed by atoms with E-state index in [4.69, 9.17) is 0 Å². The summed E-state index contributed by atoms with van der Waals surface area (Å²) in [6.07, 6.45) is 3.22. The molecule has 2 fully saturated rings. The van der Waals surface area contributed by atoms with Gasteiger partial charge in [-0.1, -0.05) is 18.2 Å². The van der Waals surface area contributed by atoms with E-state index in [1.165, 1.54) is 6.07 Å². The number of amides is 2. The van der Waals surface area contributed by atoms with Crippen LogP contribution < -0.4 is 10.6 Å². The second kappa shape index (κ2) is 7.52. The van der Waals surface area contributed by atoms with Crippen LogP contribution in [-0.2, 0) is 16.0 Å². The van der Waals surface area contributed by atoms with Gasteiger partial charge in [-0.3, -0.25) is 9.59 Å². The van der Waals surface area contributed by atoms with E-state index in [9.17, 15) is 14.0 Å². The molecule has 25 heavy (non-hydrogen) atoms. The third-order valence-corrected chi connectivity index (χ3v) is 5.50. The van der Waals surface area contributed by atoms with Crippen LogP contribution in [0.15, 0.2) is 24.3 Å². The highest BCUT2D eigenvalue weighted by Crippen LogP contribution is 2.36. The van der Waals surface area contributed by atoms with E-state index in [1.807, 2.05) is 7.05 Å². The highest BCUT2D eigenvalue weighted by molar-refractivity contribution is 5.90. The Morgan fingerprint density at radius 3 is 2.76 bits per heavy atom. The van der Waals surface area contributed by atoms with Gasteiger partial charge in [-0.05, 0) is 63.9 Å². The van der Waals surface area contributed by atoms with Gasteiger partial charge < -0.3 is 15.5 Å². The van der Waals surface area contributed by atoms with Crippen LogP contribution in [-0.4, -0.2) is 49.4 Å². The molecular formula is C19H26FN3O2. The molecule has 0 unspecified atom stereocenters. The van der Waals surface area contributed by atoms with Crippen LogP contribution in [0.2, 0.25) is 0 Å². The van der Waals surface area contributed by atoms with E-state index in [-0.39, 0.29) is 17.6 Å². The quantitative estimate of drug-likeness (QED) is 0.867. The molecule has 2 N–H and O–H groups in total. The number of rotatable bonds is 4. The summed E-state index contributed by atoms with van der Waals surface area (Å²) < 4.78 is 14.2. The summed E-state index contributed by atoms with van der Waals surface area (Å²) in [5.74, 6) is -0.511. The lowest BCUT2D eigenvalue weighted by molar-refractivity contribution is -0.138. The van der Waals surface area contributed by atoms with Gasteiger partial charge in [0.2, 0.25) is 11.8 Å². The minimum atomic E-state index is -0.660. The van der Waals surface area contributed by atoms with Crippen molar-refractivity contribution in [1.82, 2.24) is 15.5 Å². The minimum Gasteiger partial charge on any atom is -0.354 e. The molecule has 2 aliphatic heterocycles. The van der Waals surface area contributed by atoms with E-state index in [0.29, 0.717) is 37.8 Å². The molecule has 1 aromatic carbocycles. The molecule has 0 saturated carbocycles. The summed E-state index contributed by atoms with van der Waals surface area (Å²) in [6, 6.07) is 6.17. The first-order valence-corrected chi connectivity index (χ1v) is 9.01. The second-order valence-corrected chi connectivity index (χ2v) is 7.31. The number of nitrogens with zero attached hydrogens (tertiary/aromatic N) is 1. The molecule has 1 atom stereocenters. The van der Waals surface area contributed by atoms with E-state index in [2.05, 4.69) is 15.5 Å². The van der Waals surface area contributed by atoms with Gasteiger partial charge in [0, 0.05) is 6.54 Å². The maximum atomic E-state index is 14.2. The third-order valence-electron chi connectivity index (χ3n) is 5.50. The number of hydrogen-bond donors (Lipinski definition) is 2. The fraction of sp³-hybridized carbons (Fsp3) is 0.579. The molecule has 2 saturated heterocycles. The maximum Gasteiger partial charge on any atom is 0.242 e. The standard InChI is InChI=1S/C19H26FN3O2/c1-23-11-8-19(9-12-23,13-14-5-2-3-6-15(14)20)18(25)22-16-7-4-10-21-17(16)24/h2-3,5-6,16H,4,7-13H2,1H3,(H,21,24)(H,22,25)/t16-/m0/s1. The van der Waals surface area contributed by atoms with Crippen LogP contribution in [0, 0.1) is 11.2 Å². The van der Waals surface area contributed by atoms with Crippen molar-refractivity contribution >= 4 is 11.8 Å². The number of carbonyl (C=O) groups excluding carboxylic acids is 2. The second-order valence-electron chi connectivity index (χ2n) is 7.31. The van der Waals surface area contributed by atoms with Gasteiger partial charge in [0.15, 0.2) is 0 Å². The summed E-state index contributed by atoms with van der Waals surface area (Å²) in [4.78, 5) is 27.3. The normalized spacial score (nSPS) is 23.8. The first-order chi connectivity index (χ1) is 12.0. The van der Waals surface area contributed by atoms with Crippen molar-refractivity contribution in [3.8, 4) is 0 Å². The summed E-state index contributed by atoms with van der Waals surface area (Å²) in [5.41, 5.74) is -0.0952. The molecule has 136 valence electrons. The van der Waals surface area contributed by atoms with Crippen molar-refractivity contribution in [2.24, 2.45) is 5.41 Å². The smallest absolute Gasteiger partial charge is 0.242 e. The molecule has 3 rings (SSSR count). The Hall–Kier alpha value is -1.95. The fourth-order valence-corrected chi connectivity index (χ4v) is 3.76. The first-order valence-electron chi connectivity index (χ1n) is 9.01. The molecule has 5 nitrogen and oxygen atoms in total. The zero-order valence-corrected chi connectivity index (χ0v) is 14.7. The van der Waals surface area contributed by atoms with Gasteiger partial charge in [0.05, 0.1) is 5.41 Å². The van der Waals surface area contributed by atoms with Crippen LogP contribution in [0.3, 0.4) is 0 Å². The molecule has 0 aliphatic carbocycles. The number of halogens is 1. The van der Waals surface area contributed by atoms with Gasteiger partial charge in [-0.15, -0.1) is 0 Å². The van der Waals surface area contributed by atoms with Crippen molar-refractivity contribution in [3.05, 3.63) is 35.6 Å². The van der Waals surface area contributed by atoms with E-state index in [1.54, 1.807) is 18.2 Å². The SMILES string of the molecule is CN1CCC(Cc2ccccc2F)(C(=O)N[C@H]2CCCNC2=O)CC1. The van der Waals surface area contributed by atoms with Gasteiger partial charge in [-0.25, -0.2) is 4.39 Å². The molecule has 2 heterocycles. The predicted octanol–water partition coefficient (Wildman–Crippen LogP) is 1.47. The fourth-order valence-electron chi connectivity index (χ4n) is 3.76. The van der Waals surface area contributed by atoms with Crippen LogP contribution in [0.4, 0.5) is 4.39 Å². The number of hydrogen-bond acceptors (Lipinski definition) is 3. The summed E-state index contributed by atoms with van der Waals surface area (Å²) >= 11 is 0. The highest BCUT2D eigenvalue weighted by atomic mass is 19.1. The largest absolute Gasteiger partial charge is 0.354 e. The molecule has 1 aromatic rings. The van der Waals surface area contributed by atoms with Crippen LogP contribution in [0.5, 0.6) is 0 Å². The van der Waals surface area contributed by atoms with Crippen molar-refractivity contribution in [2.45, 2.75) is 38.1 Å². The van der Waals surface area contributed by atoms with E-state index < -0.39 is 11.5 Å². The van der Waals surface area contributed by atoms with Crippen LogP contribution >= 0.6 is 0 Å². The monoisotopic (exact) mass is 347 g/mol. The lowest BCUT2D eigenvalue weighted by Gasteiger charge is -2.40. The number of benzene rings is 1. The number of nitrogens with one attached hydrogen (secondary N) is 2. The molecule has 2 aliphatic rings. The Balaban J connectivity index is 1.80. The Morgan fingerprint density at radius 2 is 2.08 bits per heavy atom. The van der Waals surface area contributed by atoms with Crippen molar-refractivity contribution < 1.29 is 14.0 Å². The lowest BCUT2D eigenvalue weighted by Crippen LogP contribution is -2.56. The summed E-state index contributed by atoms with van der Waals surface area (Å²) in [5, 5.41) is 5.74. The van der Waals surface area contributed by atoms with Gasteiger partial charge in [0.1, 0.15) is 11.9 Å². The number of carbonyl (C=O) groups is 2. The zero-order valence-electron chi connectivity index (χ0n) is 14.7. The summed E-state index contributed by atoms with van der Waals surface area (Å²) in [7, 11) is 2.03. The topological polar surface area (TPSA) is 61.4 Å². The molecule has 2 amide bonds. The Kier molecular flexibility index (Phi) is 5.37. The zero-order chi connectivity index (χ0) is 17.9. The number of likely N-dealkylation sites (tertiary alicyclic amines) is 1. The van der Waals surface area contributed by atoms with Crippen molar-refractivity contribution in [3.63, 3.8) is 0 Å². The Morgan fingerprint density at radius 1 is 1.36 bits per heavy atom. The average molecular weight is 347 g/mol. The molecule has 6 heteroatoms. The number of piperidine rings is 2. The Bertz CT molecular complexity index is 641. The van der Waals surface area contributed by atoms with Crippen LogP contribution in [0.1, 0.15) is 31.2 Å². The molecule has 0 bridgehead atoms. The minimum absolute atomic E-state index is 0.117. The predicted molar refractivity (Wildman–Crippen MR) is 93.4 cm³/mol. The summed E-state index contributed by atoms with van der Waals surface area (Å²) in [6.45, 7) is 2.24. The first kappa shape index (κ1) is 17.9. The average Bonchev–Trinajstić information content (AvgIpc) is 2.61. The third kappa shape index (κ3) is 4.00. The molecule has 0 spiro atoms. The lowest BCUT2D eigenvalue weighted by atomic mass is 9.72. The van der Waals surface area contributed by atoms with E-state index >= 15 is 0 Å².